The van der Waals surface area contributed by atoms with Gasteiger partial charge in [0.1, 0.15) is 0 Å². The summed E-state index contributed by atoms with van der Waals surface area (Å²) in [6.07, 6.45) is 1.95. The van der Waals surface area contributed by atoms with Gasteiger partial charge in [0.2, 0.25) is 5.91 Å². The van der Waals surface area contributed by atoms with Gasteiger partial charge in [0.15, 0.2) is 0 Å². The minimum absolute atomic E-state index is 0.0852. The van der Waals surface area contributed by atoms with Gasteiger partial charge in [0.05, 0.1) is 18.7 Å². The number of nitrogens with one attached hydrogen (secondary N) is 2. The number of hydrogen-bond acceptors (Lipinski definition) is 3. The van der Waals surface area contributed by atoms with E-state index in [1.165, 1.54) is 0 Å². The third kappa shape index (κ3) is 4.05. The van der Waals surface area contributed by atoms with E-state index < -0.39 is 6.10 Å². The molecule has 0 radical (unpaired) electrons. The molecule has 20 heavy (non-hydrogen) atoms. The number of rotatable bonds is 4. The van der Waals surface area contributed by atoms with Crippen molar-refractivity contribution in [2.45, 2.75) is 31.4 Å². The lowest BCUT2D eigenvalue weighted by Gasteiger charge is -2.16. The SMILES string of the molecule is O=C(CNC(=O)c1ccc(Br)cc1)N[C@@H]1CCC[C@@H]1O. The zero-order chi connectivity index (χ0) is 14.5. The summed E-state index contributed by atoms with van der Waals surface area (Å²) < 4.78 is 0.891. The van der Waals surface area contributed by atoms with Crippen LogP contribution in [0.2, 0.25) is 0 Å². The second-order valence-electron chi connectivity index (χ2n) is 4.86. The van der Waals surface area contributed by atoms with Crippen LogP contribution in [0.15, 0.2) is 28.7 Å². The predicted octanol–water partition coefficient (Wildman–Crippen LogP) is 1.21. The maximum Gasteiger partial charge on any atom is 0.251 e. The van der Waals surface area contributed by atoms with Crippen molar-refractivity contribution in [3.63, 3.8) is 0 Å². The van der Waals surface area contributed by atoms with Crippen molar-refractivity contribution in [3.8, 4) is 0 Å². The molecule has 2 amide bonds. The van der Waals surface area contributed by atoms with Gasteiger partial charge in [0, 0.05) is 10.0 Å². The number of amides is 2. The van der Waals surface area contributed by atoms with Gasteiger partial charge in [-0.3, -0.25) is 9.59 Å². The highest BCUT2D eigenvalue weighted by atomic mass is 79.9. The normalized spacial score (nSPS) is 21.5. The molecule has 1 aromatic carbocycles. The van der Waals surface area contributed by atoms with Crippen LogP contribution >= 0.6 is 15.9 Å². The summed E-state index contributed by atoms with van der Waals surface area (Å²) in [5.74, 6) is -0.568. The van der Waals surface area contributed by atoms with Crippen LogP contribution in [0.1, 0.15) is 29.6 Å². The Morgan fingerprint density at radius 2 is 1.95 bits per heavy atom. The average molecular weight is 341 g/mol. The van der Waals surface area contributed by atoms with E-state index in [1.54, 1.807) is 24.3 Å². The molecule has 0 spiro atoms. The highest BCUT2D eigenvalue weighted by Gasteiger charge is 2.26. The van der Waals surface area contributed by atoms with Gasteiger partial charge < -0.3 is 15.7 Å². The first kappa shape index (κ1) is 15.0. The Hall–Kier alpha value is -1.40. The average Bonchev–Trinajstić information content (AvgIpc) is 2.82. The summed E-state index contributed by atoms with van der Waals surface area (Å²) in [6, 6.07) is 6.70. The van der Waals surface area contributed by atoms with E-state index in [0.717, 1.165) is 23.7 Å². The lowest BCUT2D eigenvalue weighted by molar-refractivity contribution is -0.121. The van der Waals surface area contributed by atoms with E-state index in [2.05, 4.69) is 26.6 Å². The van der Waals surface area contributed by atoms with Crippen molar-refractivity contribution in [1.29, 1.82) is 0 Å². The molecule has 0 aliphatic heterocycles. The molecule has 1 aliphatic carbocycles. The number of benzene rings is 1. The quantitative estimate of drug-likeness (QED) is 0.770. The molecule has 1 fully saturated rings. The molecule has 2 rings (SSSR count). The number of aliphatic hydroxyl groups is 1. The standard InChI is InChI=1S/C14H17BrN2O3/c15-10-6-4-9(5-7-10)14(20)16-8-13(19)17-11-2-1-3-12(11)18/h4-7,11-12,18H,1-3,8H2,(H,16,20)(H,17,19)/t11-,12+/m1/s1. The van der Waals surface area contributed by atoms with Gasteiger partial charge in [0.25, 0.3) is 5.91 Å². The second kappa shape index (κ2) is 6.85. The highest BCUT2D eigenvalue weighted by Crippen LogP contribution is 2.18. The van der Waals surface area contributed by atoms with Crippen LogP contribution in [0.5, 0.6) is 0 Å². The Bertz CT molecular complexity index is 490. The molecule has 6 heteroatoms. The monoisotopic (exact) mass is 340 g/mol. The molecule has 0 aromatic heterocycles. The van der Waals surface area contributed by atoms with E-state index in [4.69, 9.17) is 0 Å². The molecule has 3 N–H and O–H groups in total. The number of halogens is 1. The van der Waals surface area contributed by atoms with Crippen LogP contribution in [0.3, 0.4) is 0 Å². The number of aliphatic hydroxyl groups excluding tert-OH is 1. The van der Waals surface area contributed by atoms with Crippen LogP contribution in [0.25, 0.3) is 0 Å². The fourth-order valence-corrected chi connectivity index (χ4v) is 2.49. The smallest absolute Gasteiger partial charge is 0.251 e. The lowest BCUT2D eigenvalue weighted by Crippen LogP contribution is -2.44. The van der Waals surface area contributed by atoms with Crippen LogP contribution < -0.4 is 10.6 Å². The molecular formula is C14H17BrN2O3. The molecule has 0 unspecified atom stereocenters. The third-order valence-corrected chi connectivity index (χ3v) is 3.87. The summed E-state index contributed by atoms with van der Waals surface area (Å²) in [6.45, 7) is -0.0852. The van der Waals surface area contributed by atoms with Gasteiger partial charge in [-0.05, 0) is 43.5 Å². The summed E-state index contributed by atoms with van der Waals surface area (Å²) in [5.41, 5.74) is 0.502. The predicted molar refractivity (Wildman–Crippen MR) is 78.3 cm³/mol. The van der Waals surface area contributed by atoms with E-state index in [9.17, 15) is 14.7 Å². The minimum Gasteiger partial charge on any atom is -0.391 e. The molecule has 1 saturated carbocycles. The maximum absolute atomic E-state index is 11.8. The number of carbonyl (C=O) groups is 2. The topological polar surface area (TPSA) is 78.4 Å². The van der Waals surface area contributed by atoms with Crippen LogP contribution in [0, 0.1) is 0 Å². The molecular weight excluding hydrogens is 324 g/mol. The Balaban J connectivity index is 1.78. The Kier molecular flexibility index (Phi) is 5.14. The molecule has 5 nitrogen and oxygen atoms in total. The zero-order valence-electron chi connectivity index (χ0n) is 10.9. The van der Waals surface area contributed by atoms with Crippen molar-refractivity contribution in [2.24, 2.45) is 0 Å². The van der Waals surface area contributed by atoms with Gasteiger partial charge in [-0.25, -0.2) is 0 Å². The summed E-state index contributed by atoms with van der Waals surface area (Å²) in [5, 5.41) is 14.9. The Labute approximate surface area is 125 Å². The molecule has 0 bridgehead atoms. The van der Waals surface area contributed by atoms with E-state index >= 15 is 0 Å². The second-order valence-corrected chi connectivity index (χ2v) is 5.78. The van der Waals surface area contributed by atoms with Crippen LogP contribution in [0.4, 0.5) is 0 Å². The van der Waals surface area contributed by atoms with Crippen molar-refractivity contribution in [2.75, 3.05) is 6.54 Å². The maximum atomic E-state index is 11.8. The van der Waals surface area contributed by atoms with Crippen molar-refractivity contribution in [3.05, 3.63) is 34.3 Å². The molecule has 1 aromatic rings. The van der Waals surface area contributed by atoms with E-state index in [-0.39, 0.29) is 24.4 Å². The van der Waals surface area contributed by atoms with Crippen LogP contribution in [-0.2, 0) is 4.79 Å². The third-order valence-electron chi connectivity index (χ3n) is 3.34. The van der Waals surface area contributed by atoms with Crippen LogP contribution in [-0.4, -0.2) is 35.6 Å². The molecule has 0 heterocycles. The molecule has 2 atom stereocenters. The summed E-state index contributed by atoms with van der Waals surface area (Å²) in [4.78, 5) is 23.5. The Morgan fingerprint density at radius 3 is 2.55 bits per heavy atom. The van der Waals surface area contributed by atoms with E-state index in [1.807, 2.05) is 0 Å². The highest BCUT2D eigenvalue weighted by molar-refractivity contribution is 9.10. The van der Waals surface area contributed by atoms with Gasteiger partial charge in [-0.2, -0.15) is 0 Å². The summed E-state index contributed by atoms with van der Waals surface area (Å²) >= 11 is 3.29. The van der Waals surface area contributed by atoms with E-state index in [0.29, 0.717) is 5.56 Å². The Morgan fingerprint density at radius 1 is 1.25 bits per heavy atom. The first-order valence-electron chi connectivity index (χ1n) is 6.57. The molecule has 0 saturated heterocycles. The van der Waals surface area contributed by atoms with Gasteiger partial charge in [-0.1, -0.05) is 15.9 Å². The van der Waals surface area contributed by atoms with Gasteiger partial charge >= 0.3 is 0 Å². The zero-order valence-corrected chi connectivity index (χ0v) is 12.5. The van der Waals surface area contributed by atoms with Crippen molar-refractivity contribution < 1.29 is 14.7 Å². The first-order chi connectivity index (χ1) is 9.56. The molecule has 108 valence electrons. The van der Waals surface area contributed by atoms with Gasteiger partial charge in [-0.15, -0.1) is 0 Å². The first-order valence-corrected chi connectivity index (χ1v) is 7.37. The number of carbonyl (C=O) groups excluding carboxylic acids is 2. The fraction of sp³-hybridized carbons (Fsp3) is 0.429. The van der Waals surface area contributed by atoms with Crippen molar-refractivity contribution in [1.82, 2.24) is 10.6 Å². The minimum atomic E-state index is -0.471. The van der Waals surface area contributed by atoms with Crippen molar-refractivity contribution >= 4 is 27.7 Å². The number of hydrogen-bond donors (Lipinski definition) is 3. The lowest BCUT2D eigenvalue weighted by atomic mass is 10.2. The summed E-state index contributed by atoms with van der Waals surface area (Å²) in [7, 11) is 0. The fourth-order valence-electron chi connectivity index (χ4n) is 2.23. The molecule has 1 aliphatic rings. The largest absolute Gasteiger partial charge is 0.391 e.